The Morgan fingerprint density at radius 3 is 2.17 bits per heavy atom. The summed E-state index contributed by atoms with van der Waals surface area (Å²) in [5.41, 5.74) is 0.307. The summed E-state index contributed by atoms with van der Waals surface area (Å²) in [5.74, 6) is -1.54. The van der Waals surface area contributed by atoms with E-state index in [2.05, 4.69) is 5.32 Å². The van der Waals surface area contributed by atoms with Gasteiger partial charge in [-0.15, -0.1) is 0 Å². The number of alkyl halides is 3. The summed E-state index contributed by atoms with van der Waals surface area (Å²) in [4.78, 5) is 21.5. The second-order valence-corrected chi connectivity index (χ2v) is 8.05. The van der Waals surface area contributed by atoms with Crippen LogP contribution in [0.1, 0.15) is 18.6 Å². The lowest BCUT2D eigenvalue weighted by molar-refractivity contribution is -0.149. The molecule has 0 heterocycles. The standard InChI is InChI=1S/C14H16Cl2FNO5S/c1-8(19)23-12(11(7-17)18-14(20)13(15)16)9-3-5-10(6-4-9)24(2,21)22/h3-6,11-13H,7H2,1-2H3,(H,18,20)/t11?,12-/m1/s1. The molecule has 10 heteroatoms. The molecule has 0 aromatic heterocycles. The van der Waals surface area contributed by atoms with Gasteiger partial charge in [0.2, 0.25) is 0 Å². The van der Waals surface area contributed by atoms with Crippen LogP contribution in [0.2, 0.25) is 0 Å². The van der Waals surface area contributed by atoms with Gasteiger partial charge in [0.25, 0.3) is 5.91 Å². The van der Waals surface area contributed by atoms with Crippen LogP contribution in [0.3, 0.4) is 0 Å². The van der Waals surface area contributed by atoms with Crippen LogP contribution in [0.25, 0.3) is 0 Å². The smallest absolute Gasteiger partial charge is 0.303 e. The second-order valence-electron chi connectivity index (χ2n) is 4.94. The summed E-state index contributed by atoms with van der Waals surface area (Å²) >= 11 is 10.8. The molecule has 1 aromatic carbocycles. The van der Waals surface area contributed by atoms with Crippen LogP contribution < -0.4 is 5.32 Å². The minimum absolute atomic E-state index is 0.0511. The van der Waals surface area contributed by atoms with Crippen molar-refractivity contribution in [2.24, 2.45) is 0 Å². The van der Waals surface area contributed by atoms with Crippen LogP contribution in [-0.2, 0) is 24.2 Å². The van der Waals surface area contributed by atoms with Gasteiger partial charge >= 0.3 is 5.97 Å². The third-order valence-corrected chi connectivity index (χ3v) is 4.51. The zero-order valence-corrected chi connectivity index (χ0v) is 15.2. The van der Waals surface area contributed by atoms with Crippen LogP contribution in [0.15, 0.2) is 29.2 Å². The zero-order chi connectivity index (χ0) is 18.5. The van der Waals surface area contributed by atoms with E-state index < -0.39 is 45.4 Å². The molecule has 0 fully saturated rings. The van der Waals surface area contributed by atoms with Crippen molar-refractivity contribution in [3.05, 3.63) is 29.8 Å². The minimum Gasteiger partial charge on any atom is -0.455 e. The molecule has 0 saturated carbocycles. The van der Waals surface area contributed by atoms with E-state index in [0.717, 1.165) is 13.2 Å². The Morgan fingerprint density at radius 1 is 1.25 bits per heavy atom. The molecule has 0 aliphatic rings. The molecule has 24 heavy (non-hydrogen) atoms. The molecule has 0 saturated heterocycles. The predicted molar refractivity (Wildman–Crippen MR) is 87.5 cm³/mol. The molecule has 0 aliphatic heterocycles. The second kappa shape index (κ2) is 8.64. The third kappa shape index (κ3) is 5.92. The fourth-order valence-electron chi connectivity index (χ4n) is 1.91. The fraction of sp³-hybridized carbons (Fsp3) is 0.429. The number of rotatable bonds is 7. The van der Waals surface area contributed by atoms with Crippen molar-refractivity contribution in [3.63, 3.8) is 0 Å². The van der Waals surface area contributed by atoms with Gasteiger partial charge in [-0.25, -0.2) is 12.8 Å². The van der Waals surface area contributed by atoms with Gasteiger partial charge in [-0.05, 0) is 17.7 Å². The van der Waals surface area contributed by atoms with Gasteiger partial charge in [-0.1, -0.05) is 35.3 Å². The summed E-state index contributed by atoms with van der Waals surface area (Å²) in [6.45, 7) is 0.0684. The van der Waals surface area contributed by atoms with Gasteiger partial charge in [-0.3, -0.25) is 9.59 Å². The topological polar surface area (TPSA) is 89.5 Å². The highest BCUT2D eigenvalue weighted by Crippen LogP contribution is 2.24. The lowest BCUT2D eigenvalue weighted by Gasteiger charge is -2.26. The number of sulfone groups is 1. The first-order valence-electron chi connectivity index (χ1n) is 6.68. The van der Waals surface area contributed by atoms with Gasteiger partial charge < -0.3 is 10.1 Å². The Kier molecular flexibility index (Phi) is 7.44. The molecule has 1 aromatic rings. The molecule has 1 amide bonds. The Balaban J connectivity index is 3.15. The van der Waals surface area contributed by atoms with Crippen LogP contribution in [-0.4, -0.2) is 44.1 Å². The van der Waals surface area contributed by atoms with Crippen molar-refractivity contribution >= 4 is 44.9 Å². The number of esters is 1. The van der Waals surface area contributed by atoms with E-state index >= 15 is 0 Å². The van der Waals surface area contributed by atoms with Crippen molar-refractivity contribution in [2.75, 3.05) is 12.9 Å². The quantitative estimate of drug-likeness (QED) is 0.558. The van der Waals surface area contributed by atoms with E-state index in [4.69, 9.17) is 27.9 Å². The van der Waals surface area contributed by atoms with Crippen LogP contribution in [0.4, 0.5) is 4.39 Å². The van der Waals surface area contributed by atoms with Crippen LogP contribution in [0, 0.1) is 0 Å². The number of halogens is 3. The van der Waals surface area contributed by atoms with Crippen molar-refractivity contribution < 1.29 is 27.1 Å². The Bertz CT molecular complexity index is 694. The zero-order valence-electron chi connectivity index (χ0n) is 12.8. The molecule has 1 N–H and O–H groups in total. The molecule has 134 valence electrons. The molecule has 0 radical (unpaired) electrons. The number of carbonyl (C=O) groups is 2. The molecule has 1 rings (SSSR count). The Hall–Kier alpha value is -1.38. The number of ether oxygens (including phenoxy) is 1. The maximum absolute atomic E-state index is 13.3. The first kappa shape index (κ1) is 20.7. The molecular weight excluding hydrogens is 384 g/mol. The highest BCUT2D eigenvalue weighted by atomic mass is 35.5. The maximum Gasteiger partial charge on any atom is 0.303 e. The molecule has 0 bridgehead atoms. The van der Waals surface area contributed by atoms with Gasteiger partial charge in [-0.2, -0.15) is 0 Å². The SMILES string of the molecule is CC(=O)O[C@H](c1ccc(S(C)(=O)=O)cc1)C(CF)NC(=O)C(Cl)Cl. The number of benzene rings is 1. The highest BCUT2D eigenvalue weighted by Gasteiger charge is 2.29. The average molecular weight is 400 g/mol. The number of carbonyl (C=O) groups excluding carboxylic acids is 2. The molecule has 2 atom stereocenters. The van der Waals surface area contributed by atoms with Gasteiger partial charge in [0, 0.05) is 13.2 Å². The van der Waals surface area contributed by atoms with E-state index in [0.29, 0.717) is 5.56 Å². The Labute approximate surface area is 149 Å². The summed E-state index contributed by atoms with van der Waals surface area (Å²) in [5, 5.41) is 2.24. The minimum atomic E-state index is -3.41. The molecule has 0 spiro atoms. The average Bonchev–Trinajstić information content (AvgIpc) is 2.49. The lowest BCUT2D eigenvalue weighted by Crippen LogP contribution is -2.44. The number of nitrogens with one attached hydrogen (secondary N) is 1. The van der Waals surface area contributed by atoms with Crippen molar-refractivity contribution in [1.29, 1.82) is 0 Å². The summed E-state index contributed by atoms with van der Waals surface area (Å²) in [7, 11) is -3.41. The largest absolute Gasteiger partial charge is 0.455 e. The summed E-state index contributed by atoms with van der Waals surface area (Å²) in [6.07, 6.45) is -0.130. The van der Waals surface area contributed by atoms with Crippen molar-refractivity contribution in [2.45, 2.75) is 28.8 Å². The monoisotopic (exact) mass is 399 g/mol. The summed E-state index contributed by atoms with van der Waals surface area (Å²) in [6, 6.07) is 4.11. The number of amides is 1. The fourth-order valence-corrected chi connectivity index (χ4v) is 2.66. The molecule has 0 aliphatic carbocycles. The lowest BCUT2D eigenvalue weighted by atomic mass is 10.0. The third-order valence-electron chi connectivity index (χ3n) is 2.99. The molecule has 6 nitrogen and oxygen atoms in total. The van der Waals surface area contributed by atoms with E-state index in [1.807, 2.05) is 0 Å². The van der Waals surface area contributed by atoms with E-state index in [-0.39, 0.29) is 4.90 Å². The van der Waals surface area contributed by atoms with Gasteiger partial charge in [0.15, 0.2) is 14.7 Å². The Morgan fingerprint density at radius 2 is 1.79 bits per heavy atom. The van der Waals surface area contributed by atoms with Crippen molar-refractivity contribution in [1.82, 2.24) is 5.32 Å². The van der Waals surface area contributed by atoms with Crippen LogP contribution >= 0.6 is 23.2 Å². The first-order valence-corrected chi connectivity index (χ1v) is 9.44. The van der Waals surface area contributed by atoms with Gasteiger partial charge in [0.1, 0.15) is 12.8 Å². The number of hydrogen-bond acceptors (Lipinski definition) is 5. The molecular formula is C14H16Cl2FNO5S. The predicted octanol–water partition coefficient (Wildman–Crippen LogP) is 1.95. The van der Waals surface area contributed by atoms with Gasteiger partial charge in [0.05, 0.1) is 10.9 Å². The van der Waals surface area contributed by atoms with E-state index in [9.17, 15) is 22.4 Å². The summed E-state index contributed by atoms with van der Waals surface area (Å²) < 4.78 is 41.4. The normalized spacial score (nSPS) is 14.1. The highest BCUT2D eigenvalue weighted by molar-refractivity contribution is 7.90. The number of hydrogen-bond donors (Lipinski definition) is 1. The van der Waals surface area contributed by atoms with Crippen LogP contribution in [0.5, 0.6) is 0 Å². The maximum atomic E-state index is 13.3. The molecule has 1 unspecified atom stereocenters. The van der Waals surface area contributed by atoms with E-state index in [1.54, 1.807) is 0 Å². The first-order chi connectivity index (χ1) is 11.1. The van der Waals surface area contributed by atoms with E-state index in [1.165, 1.54) is 24.3 Å². The van der Waals surface area contributed by atoms with Crippen molar-refractivity contribution in [3.8, 4) is 0 Å².